The van der Waals surface area contributed by atoms with Crippen LogP contribution in [0.3, 0.4) is 0 Å². The van der Waals surface area contributed by atoms with Crippen LogP contribution in [0.4, 0.5) is 5.00 Å². The van der Waals surface area contributed by atoms with Gasteiger partial charge in [0.15, 0.2) is 18.1 Å². The molecule has 1 aliphatic carbocycles. The van der Waals surface area contributed by atoms with Crippen molar-refractivity contribution >= 4 is 57.0 Å². The summed E-state index contributed by atoms with van der Waals surface area (Å²) in [5.74, 6) is 1.59. The summed E-state index contributed by atoms with van der Waals surface area (Å²) < 4.78 is 22.3. The van der Waals surface area contributed by atoms with E-state index in [1.54, 1.807) is 50.0 Å². The topological polar surface area (TPSA) is 99.4 Å². The minimum atomic E-state index is -0.445. The highest BCUT2D eigenvalue weighted by molar-refractivity contribution is 14.1. The number of hydrogen-bond acceptors (Lipinski definition) is 8. The molecule has 8 nitrogen and oxygen atoms in total. The molecule has 0 saturated carbocycles. The van der Waals surface area contributed by atoms with Crippen LogP contribution in [0, 0.1) is 14.9 Å². The van der Waals surface area contributed by atoms with Gasteiger partial charge in [-0.05, 0) is 95.5 Å². The Balaban J connectivity index is 1.62. The Morgan fingerprint density at radius 3 is 2.77 bits per heavy atom. The predicted molar refractivity (Wildman–Crippen MR) is 164 cm³/mol. The quantitative estimate of drug-likeness (QED) is 0.145. The lowest BCUT2D eigenvalue weighted by molar-refractivity contribution is -0.145. The van der Waals surface area contributed by atoms with E-state index in [0.717, 1.165) is 34.0 Å². The first-order chi connectivity index (χ1) is 19.1. The maximum Gasteiger partial charge on any atom is 0.344 e. The molecule has 2 heterocycles. The van der Waals surface area contributed by atoms with E-state index in [1.165, 1.54) is 4.88 Å². The average Bonchev–Trinajstić information content (AvgIpc) is 3.56. The second-order valence-corrected chi connectivity index (χ2v) is 12.9. The van der Waals surface area contributed by atoms with Gasteiger partial charge in [-0.2, -0.15) is 0 Å². The first-order valence-electron chi connectivity index (χ1n) is 13.3. The number of nitrogens with one attached hydrogen (secondary N) is 1. The van der Waals surface area contributed by atoms with Gasteiger partial charge in [0, 0.05) is 11.1 Å². The largest absolute Gasteiger partial charge is 0.493 e. The molecule has 1 N–H and O–H groups in total. The molecule has 0 bridgehead atoms. The van der Waals surface area contributed by atoms with Crippen molar-refractivity contribution in [1.82, 2.24) is 5.32 Å². The molecule has 2 aromatic heterocycles. The fraction of sp³-hybridized carbons (Fsp3) is 0.433. The van der Waals surface area contributed by atoms with Gasteiger partial charge in [-0.25, -0.2) is 9.79 Å². The normalized spacial score (nSPS) is 15.1. The number of nitrogens with zero attached hydrogens (tertiary/aromatic N) is 1. The van der Waals surface area contributed by atoms with E-state index >= 15 is 0 Å². The summed E-state index contributed by atoms with van der Waals surface area (Å²) in [5, 5.41) is 3.70. The Labute approximate surface area is 252 Å². The maximum absolute atomic E-state index is 13.5. The molecule has 3 aromatic rings. The number of carbonyl (C=O) groups excluding carboxylic acids is 2. The third-order valence-electron chi connectivity index (χ3n) is 6.92. The minimum absolute atomic E-state index is 0.148. The molecular formula is C30H35IN2O6S. The zero-order chi connectivity index (χ0) is 28.9. The lowest BCUT2D eigenvalue weighted by atomic mass is 9.72. The van der Waals surface area contributed by atoms with Gasteiger partial charge in [0.25, 0.3) is 5.91 Å². The van der Waals surface area contributed by atoms with Crippen LogP contribution in [0.15, 0.2) is 39.9 Å². The number of fused-ring (bicyclic) bond motifs is 1. The minimum Gasteiger partial charge on any atom is -0.493 e. The molecule has 1 atom stereocenters. The molecule has 1 aromatic carbocycles. The van der Waals surface area contributed by atoms with Crippen LogP contribution in [0.25, 0.3) is 0 Å². The number of esters is 1. The van der Waals surface area contributed by atoms with Gasteiger partial charge in [0.1, 0.15) is 10.8 Å². The summed E-state index contributed by atoms with van der Waals surface area (Å²) in [6.07, 6.45) is 6.17. The third-order valence-corrected chi connectivity index (χ3v) is 8.89. The molecule has 0 unspecified atom stereocenters. The van der Waals surface area contributed by atoms with E-state index in [2.05, 4.69) is 48.7 Å². The summed E-state index contributed by atoms with van der Waals surface area (Å²) in [6, 6.07) is 7.34. The van der Waals surface area contributed by atoms with E-state index in [4.69, 9.17) is 23.6 Å². The zero-order valence-corrected chi connectivity index (χ0v) is 26.4. The van der Waals surface area contributed by atoms with Crippen molar-refractivity contribution in [2.45, 2.75) is 53.5 Å². The Hall–Kier alpha value is -2.86. The van der Waals surface area contributed by atoms with Gasteiger partial charge in [-0.3, -0.25) is 4.79 Å². The van der Waals surface area contributed by atoms with Crippen molar-refractivity contribution in [3.63, 3.8) is 0 Å². The monoisotopic (exact) mass is 678 g/mol. The number of amides is 1. The fourth-order valence-electron chi connectivity index (χ4n) is 4.73. The number of ether oxygens (including phenoxy) is 3. The maximum atomic E-state index is 13.5. The fourth-order valence-corrected chi connectivity index (χ4v) is 6.78. The number of methoxy groups -OCH3 is 1. The Morgan fingerprint density at radius 1 is 1.30 bits per heavy atom. The Kier molecular flexibility index (Phi) is 9.94. The molecule has 1 aliphatic rings. The zero-order valence-electron chi connectivity index (χ0n) is 23.5. The van der Waals surface area contributed by atoms with E-state index in [1.807, 2.05) is 12.1 Å². The van der Waals surface area contributed by atoms with Gasteiger partial charge in [-0.1, -0.05) is 20.8 Å². The van der Waals surface area contributed by atoms with Crippen molar-refractivity contribution in [1.29, 1.82) is 0 Å². The molecule has 0 radical (unpaired) electrons. The second kappa shape index (κ2) is 13.2. The predicted octanol–water partition coefficient (Wildman–Crippen LogP) is 6.73. The first kappa shape index (κ1) is 30.1. The van der Waals surface area contributed by atoms with Crippen LogP contribution in [0.2, 0.25) is 0 Å². The van der Waals surface area contributed by atoms with Crippen LogP contribution in [0.5, 0.6) is 11.5 Å². The third kappa shape index (κ3) is 7.25. The lowest BCUT2D eigenvalue weighted by Gasteiger charge is -2.33. The highest BCUT2D eigenvalue weighted by Crippen LogP contribution is 2.45. The summed E-state index contributed by atoms with van der Waals surface area (Å²) in [5.41, 5.74) is 2.72. The van der Waals surface area contributed by atoms with E-state index in [0.29, 0.717) is 40.3 Å². The van der Waals surface area contributed by atoms with Crippen molar-refractivity contribution in [3.8, 4) is 11.5 Å². The van der Waals surface area contributed by atoms with Gasteiger partial charge in [0.2, 0.25) is 0 Å². The molecule has 0 saturated heterocycles. The van der Waals surface area contributed by atoms with Crippen LogP contribution < -0.4 is 14.8 Å². The van der Waals surface area contributed by atoms with Crippen LogP contribution in [-0.2, 0) is 28.9 Å². The van der Waals surface area contributed by atoms with Crippen LogP contribution in [-0.4, -0.2) is 38.4 Å². The molecule has 4 rings (SSSR count). The van der Waals surface area contributed by atoms with Crippen molar-refractivity contribution < 1.29 is 28.2 Å². The van der Waals surface area contributed by atoms with Gasteiger partial charge in [0.05, 0.1) is 35.7 Å². The summed E-state index contributed by atoms with van der Waals surface area (Å²) in [4.78, 5) is 31.3. The molecule has 214 valence electrons. The van der Waals surface area contributed by atoms with Gasteiger partial charge < -0.3 is 23.9 Å². The molecule has 1 amide bonds. The molecule has 0 fully saturated rings. The van der Waals surface area contributed by atoms with Crippen LogP contribution in [0.1, 0.15) is 66.2 Å². The highest BCUT2D eigenvalue weighted by atomic mass is 127. The van der Waals surface area contributed by atoms with Gasteiger partial charge in [-0.15, -0.1) is 11.3 Å². The molecular weight excluding hydrogens is 643 g/mol. The number of furan rings is 1. The molecule has 0 spiro atoms. The Morgan fingerprint density at radius 2 is 2.10 bits per heavy atom. The number of carbonyl (C=O) groups is 2. The number of benzene rings is 1. The molecule has 10 heteroatoms. The SMILES string of the molecule is CCOC(=O)COc1c(I)cc(C=Nc2sc3c(c2C(=O)NCc2ccco2)CC[C@H](C(C)(C)C)C3)cc1OC. The first-order valence-corrected chi connectivity index (χ1v) is 15.1. The lowest BCUT2D eigenvalue weighted by Crippen LogP contribution is -2.28. The second-order valence-electron chi connectivity index (χ2n) is 10.6. The summed E-state index contributed by atoms with van der Waals surface area (Å²) >= 11 is 3.74. The Bertz CT molecular complexity index is 1370. The van der Waals surface area contributed by atoms with E-state index in [9.17, 15) is 9.59 Å². The number of halogens is 1. The average molecular weight is 679 g/mol. The van der Waals surface area contributed by atoms with E-state index < -0.39 is 5.97 Å². The van der Waals surface area contributed by atoms with Crippen LogP contribution >= 0.6 is 33.9 Å². The molecule has 40 heavy (non-hydrogen) atoms. The molecule has 0 aliphatic heterocycles. The van der Waals surface area contributed by atoms with Gasteiger partial charge >= 0.3 is 5.97 Å². The number of rotatable bonds is 10. The summed E-state index contributed by atoms with van der Waals surface area (Å²) in [7, 11) is 1.55. The van der Waals surface area contributed by atoms with E-state index in [-0.39, 0.29) is 24.5 Å². The number of thiophene rings is 1. The smallest absolute Gasteiger partial charge is 0.344 e. The van der Waals surface area contributed by atoms with Crippen molar-refractivity contribution in [3.05, 3.63) is 61.4 Å². The highest BCUT2D eigenvalue weighted by Gasteiger charge is 2.33. The standard InChI is InChI=1S/C30H35IN2O6S/c1-6-37-25(34)17-39-27-22(31)12-18(13-23(27)36-5)15-33-29-26(28(35)32-16-20-8-7-11-38-20)21-10-9-19(30(2,3)4)14-24(21)40-29/h7-8,11-13,15,19H,6,9-10,14,16-17H2,1-5H3,(H,32,35)/t19-/m0/s1. The summed E-state index contributed by atoms with van der Waals surface area (Å²) in [6.45, 7) is 8.98. The van der Waals surface area contributed by atoms with Crippen molar-refractivity contribution in [2.24, 2.45) is 16.3 Å². The number of aliphatic imine (C=N–C) groups is 1. The van der Waals surface area contributed by atoms with Crippen molar-refractivity contribution in [2.75, 3.05) is 20.3 Å². The number of hydrogen-bond donors (Lipinski definition) is 1.